The number of hydrogen-bond acceptors (Lipinski definition) is 4. The zero-order valence-electron chi connectivity index (χ0n) is 13.3. The lowest BCUT2D eigenvalue weighted by Gasteiger charge is -2.02. The van der Waals surface area contributed by atoms with E-state index in [9.17, 15) is 10.2 Å². The number of phenolic OH excluding ortho intramolecular Hbond substituents is 2. The van der Waals surface area contributed by atoms with Crippen molar-refractivity contribution in [3.63, 3.8) is 0 Å². The van der Waals surface area contributed by atoms with Gasteiger partial charge < -0.3 is 14.6 Å². The molecule has 2 N–H and O–H groups in total. The van der Waals surface area contributed by atoms with E-state index in [1.54, 1.807) is 35.1 Å². The Morgan fingerprint density at radius 3 is 2.42 bits per heavy atom. The number of aromatic nitrogens is 2. The van der Waals surface area contributed by atoms with E-state index in [1.165, 1.54) is 0 Å². The van der Waals surface area contributed by atoms with Gasteiger partial charge in [0.1, 0.15) is 22.8 Å². The normalized spacial score (nSPS) is 11.2. The molecule has 0 fully saturated rings. The Hall–Kier alpha value is -3.21. The van der Waals surface area contributed by atoms with Crippen LogP contribution in [0.3, 0.4) is 0 Å². The molecule has 24 heavy (non-hydrogen) atoms. The second kappa shape index (κ2) is 5.16. The molecule has 2 aromatic heterocycles. The fourth-order valence-corrected chi connectivity index (χ4v) is 3.00. The predicted octanol–water partition coefficient (Wildman–Crippen LogP) is 4.22. The van der Waals surface area contributed by atoms with Gasteiger partial charge in [0.2, 0.25) is 0 Å². The number of nitrogens with zero attached hydrogens (tertiary/aromatic N) is 2. The highest BCUT2D eigenvalue weighted by Crippen LogP contribution is 2.43. The maximum Gasteiger partial charge on any atom is 0.143 e. The van der Waals surface area contributed by atoms with E-state index in [2.05, 4.69) is 5.10 Å². The summed E-state index contributed by atoms with van der Waals surface area (Å²) in [6.07, 6.45) is 3.68. The molecule has 2 heterocycles. The average Bonchev–Trinajstić information content (AvgIpc) is 3.11. The first kappa shape index (κ1) is 14.4. The number of furan rings is 1. The minimum atomic E-state index is 0.197. The van der Waals surface area contributed by atoms with Gasteiger partial charge >= 0.3 is 0 Å². The Bertz CT molecular complexity index is 1040. The molecule has 0 atom stereocenters. The molecule has 0 saturated heterocycles. The minimum Gasteiger partial charge on any atom is -0.508 e. The van der Waals surface area contributed by atoms with Gasteiger partial charge in [-0.05, 0) is 48.9 Å². The molecule has 0 radical (unpaired) electrons. The standard InChI is InChI=1S/C19H16N2O3/c1-11-7-15(23)8-16-17(13-9-20-21(2)10-13)19(24-18(11)16)12-3-5-14(22)6-4-12/h3-10,22-23H,1-2H3. The van der Waals surface area contributed by atoms with Gasteiger partial charge in [0.15, 0.2) is 0 Å². The average molecular weight is 320 g/mol. The van der Waals surface area contributed by atoms with Crippen LogP contribution in [0.2, 0.25) is 0 Å². The van der Waals surface area contributed by atoms with Gasteiger partial charge in [0.25, 0.3) is 0 Å². The van der Waals surface area contributed by atoms with Crippen LogP contribution in [-0.2, 0) is 7.05 Å². The molecule has 0 aliphatic heterocycles. The number of benzene rings is 2. The highest BCUT2D eigenvalue weighted by atomic mass is 16.3. The molecule has 2 aromatic carbocycles. The van der Waals surface area contributed by atoms with Gasteiger partial charge in [-0.15, -0.1) is 0 Å². The summed E-state index contributed by atoms with van der Waals surface area (Å²) in [5, 5.41) is 24.6. The van der Waals surface area contributed by atoms with Crippen molar-refractivity contribution < 1.29 is 14.6 Å². The molecule has 0 spiro atoms. The Labute approximate surface area is 138 Å². The second-order valence-electron chi connectivity index (χ2n) is 5.90. The van der Waals surface area contributed by atoms with Crippen LogP contribution < -0.4 is 0 Å². The lowest BCUT2D eigenvalue weighted by Crippen LogP contribution is -1.84. The van der Waals surface area contributed by atoms with Gasteiger partial charge in [-0.25, -0.2) is 0 Å². The van der Waals surface area contributed by atoms with Crippen molar-refractivity contribution in [2.24, 2.45) is 7.05 Å². The summed E-state index contributed by atoms with van der Waals surface area (Å²) in [6.45, 7) is 1.90. The number of aromatic hydroxyl groups is 2. The molecule has 5 heteroatoms. The predicted molar refractivity (Wildman–Crippen MR) is 91.9 cm³/mol. The molecule has 0 bridgehead atoms. The van der Waals surface area contributed by atoms with E-state index in [4.69, 9.17) is 4.42 Å². The molecule has 5 nitrogen and oxygen atoms in total. The van der Waals surface area contributed by atoms with Crippen LogP contribution in [0.25, 0.3) is 33.4 Å². The summed E-state index contributed by atoms with van der Waals surface area (Å²) >= 11 is 0. The first-order chi connectivity index (χ1) is 11.5. The van der Waals surface area contributed by atoms with Crippen LogP contribution in [-0.4, -0.2) is 20.0 Å². The number of hydrogen-bond donors (Lipinski definition) is 2. The van der Waals surface area contributed by atoms with Crippen molar-refractivity contribution in [2.45, 2.75) is 6.92 Å². The number of aryl methyl sites for hydroxylation is 2. The van der Waals surface area contributed by atoms with E-state index < -0.39 is 0 Å². The Morgan fingerprint density at radius 2 is 1.75 bits per heavy atom. The summed E-state index contributed by atoms with van der Waals surface area (Å²) in [7, 11) is 1.86. The molecule has 0 aliphatic carbocycles. The van der Waals surface area contributed by atoms with Crippen molar-refractivity contribution in [2.75, 3.05) is 0 Å². The number of phenols is 2. The fourth-order valence-electron chi connectivity index (χ4n) is 3.00. The third-order valence-corrected chi connectivity index (χ3v) is 4.08. The van der Waals surface area contributed by atoms with E-state index in [0.29, 0.717) is 5.76 Å². The third-order valence-electron chi connectivity index (χ3n) is 4.08. The molecular formula is C19H16N2O3. The van der Waals surface area contributed by atoms with E-state index in [-0.39, 0.29) is 11.5 Å². The van der Waals surface area contributed by atoms with Crippen LogP contribution in [0.1, 0.15) is 5.56 Å². The quantitative estimate of drug-likeness (QED) is 0.580. The first-order valence-electron chi connectivity index (χ1n) is 7.57. The summed E-state index contributed by atoms with van der Waals surface area (Å²) < 4.78 is 7.87. The first-order valence-corrected chi connectivity index (χ1v) is 7.57. The molecule has 0 saturated carbocycles. The Kier molecular flexibility index (Phi) is 3.09. The SMILES string of the molecule is Cc1cc(O)cc2c(-c3cnn(C)c3)c(-c3ccc(O)cc3)oc12. The maximum atomic E-state index is 10.0. The van der Waals surface area contributed by atoms with E-state index >= 15 is 0 Å². The van der Waals surface area contributed by atoms with Crippen LogP contribution >= 0.6 is 0 Å². The zero-order chi connectivity index (χ0) is 16.8. The van der Waals surface area contributed by atoms with E-state index in [1.807, 2.05) is 32.3 Å². The Balaban J connectivity index is 2.08. The van der Waals surface area contributed by atoms with Crippen molar-refractivity contribution >= 4 is 11.0 Å². The monoisotopic (exact) mass is 320 g/mol. The fraction of sp³-hybridized carbons (Fsp3) is 0.105. The van der Waals surface area contributed by atoms with E-state index in [0.717, 1.165) is 33.2 Å². The molecule has 0 unspecified atom stereocenters. The van der Waals surface area contributed by atoms with Gasteiger partial charge in [-0.3, -0.25) is 4.68 Å². The van der Waals surface area contributed by atoms with Crippen molar-refractivity contribution in [1.29, 1.82) is 0 Å². The molecule has 0 aliphatic rings. The summed E-state index contributed by atoms with van der Waals surface area (Å²) in [5.74, 6) is 1.08. The van der Waals surface area contributed by atoms with Crippen LogP contribution in [0.4, 0.5) is 0 Å². The third kappa shape index (κ3) is 2.22. The number of fused-ring (bicyclic) bond motifs is 1. The van der Waals surface area contributed by atoms with Crippen molar-refractivity contribution in [3.05, 3.63) is 54.4 Å². The lowest BCUT2D eigenvalue weighted by atomic mass is 10.00. The summed E-state index contributed by atoms with van der Waals surface area (Å²) in [6, 6.07) is 10.3. The number of rotatable bonds is 2. The minimum absolute atomic E-state index is 0.197. The maximum absolute atomic E-state index is 10.0. The summed E-state index contributed by atoms with van der Waals surface area (Å²) in [4.78, 5) is 0. The van der Waals surface area contributed by atoms with Crippen molar-refractivity contribution in [1.82, 2.24) is 9.78 Å². The highest BCUT2D eigenvalue weighted by Gasteiger charge is 2.20. The largest absolute Gasteiger partial charge is 0.508 e. The highest BCUT2D eigenvalue weighted by molar-refractivity contribution is 6.03. The van der Waals surface area contributed by atoms with Crippen LogP contribution in [0, 0.1) is 6.92 Å². The van der Waals surface area contributed by atoms with Gasteiger partial charge in [-0.2, -0.15) is 5.10 Å². The smallest absolute Gasteiger partial charge is 0.143 e. The Morgan fingerprint density at radius 1 is 1.00 bits per heavy atom. The van der Waals surface area contributed by atoms with Crippen LogP contribution in [0.15, 0.2) is 53.2 Å². The molecule has 4 rings (SSSR count). The van der Waals surface area contributed by atoms with Crippen molar-refractivity contribution in [3.8, 4) is 33.9 Å². The molecule has 0 amide bonds. The lowest BCUT2D eigenvalue weighted by molar-refractivity contribution is 0.474. The summed E-state index contributed by atoms with van der Waals surface area (Å²) in [5.41, 5.74) is 4.23. The second-order valence-corrected chi connectivity index (χ2v) is 5.90. The molecular weight excluding hydrogens is 304 g/mol. The zero-order valence-corrected chi connectivity index (χ0v) is 13.3. The molecule has 120 valence electrons. The topological polar surface area (TPSA) is 71.4 Å². The van der Waals surface area contributed by atoms with Crippen LogP contribution in [0.5, 0.6) is 11.5 Å². The molecule has 4 aromatic rings. The van der Waals surface area contributed by atoms with Gasteiger partial charge in [0, 0.05) is 35.3 Å². The van der Waals surface area contributed by atoms with Gasteiger partial charge in [0.05, 0.1) is 6.20 Å². The van der Waals surface area contributed by atoms with Gasteiger partial charge in [-0.1, -0.05) is 0 Å².